The van der Waals surface area contributed by atoms with Gasteiger partial charge >= 0.3 is 0 Å². The zero-order valence-corrected chi connectivity index (χ0v) is 11.9. The van der Waals surface area contributed by atoms with E-state index in [1.54, 1.807) is 0 Å². The molecule has 0 N–H and O–H groups in total. The number of halogens is 1. The third-order valence-electron chi connectivity index (χ3n) is 2.85. The number of aromatic nitrogens is 2. The summed E-state index contributed by atoms with van der Waals surface area (Å²) < 4.78 is 1.96. The molecule has 0 aromatic carbocycles. The van der Waals surface area contributed by atoms with Crippen molar-refractivity contribution in [1.82, 2.24) is 14.7 Å². The highest BCUT2D eigenvalue weighted by Crippen LogP contribution is 2.02. The normalized spacial score (nSPS) is 11.2. The molecule has 0 atom stereocenters. The van der Waals surface area contributed by atoms with Crippen LogP contribution in [0.25, 0.3) is 0 Å². The molecular weight excluding hydrogens is 266 g/mol. The van der Waals surface area contributed by atoms with Gasteiger partial charge in [-0.1, -0.05) is 22.4 Å². The molecule has 0 bridgehead atoms. The highest BCUT2D eigenvalue weighted by molar-refractivity contribution is 9.09. The van der Waals surface area contributed by atoms with Crippen molar-refractivity contribution in [2.45, 2.75) is 25.7 Å². The number of likely N-dealkylation sites (N-methyl/N-ethyl adjacent to an activating group) is 1. The lowest BCUT2D eigenvalue weighted by Crippen LogP contribution is -2.23. The van der Waals surface area contributed by atoms with Crippen molar-refractivity contribution in [3.05, 3.63) is 18.0 Å². The Morgan fingerprint density at radius 3 is 2.75 bits per heavy atom. The van der Waals surface area contributed by atoms with E-state index in [9.17, 15) is 0 Å². The number of nitrogens with zero attached hydrogens (tertiary/aromatic N) is 3. The van der Waals surface area contributed by atoms with Crippen LogP contribution in [0.1, 0.15) is 25.0 Å². The maximum absolute atomic E-state index is 4.17. The zero-order chi connectivity index (χ0) is 11.8. The molecule has 0 aliphatic heterocycles. The van der Waals surface area contributed by atoms with E-state index in [4.69, 9.17) is 0 Å². The van der Waals surface area contributed by atoms with Crippen LogP contribution in [0.5, 0.6) is 0 Å². The maximum Gasteiger partial charge on any atom is 0.0492 e. The number of rotatable bonds is 8. The quantitative estimate of drug-likeness (QED) is 0.541. The summed E-state index contributed by atoms with van der Waals surface area (Å²) in [6.07, 6.45) is 6.86. The summed E-state index contributed by atoms with van der Waals surface area (Å²) >= 11 is 3.46. The molecular formula is C12H22BrN3. The molecule has 92 valence electrons. The molecule has 0 aliphatic carbocycles. The molecule has 0 saturated heterocycles. The minimum absolute atomic E-state index is 1.09. The van der Waals surface area contributed by atoms with Gasteiger partial charge in [0.1, 0.15) is 0 Å². The summed E-state index contributed by atoms with van der Waals surface area (Å²) in [5.74, 6) is 0. The smallest absolute Gasteiger partial charge is 0.0492 e. The number of hydrogen-bond acceptors (Lipinski definition) is 2. The van der Waals surface area contributed by atoms with Gasteiger partial charge in [0.2, 0.25) is 0 Å². The molecule has 3 nitrogen and oxygen atoms in total. The van der Waals surface area contributed by atoms with Crippen molar-refractivity contribution in [3.8, 4) is 0 Å². The first-order chi connectivity index (χ1) is 7.74. The third kappa shape index (κ3) is 5.12. The van der Waals surface area contributed by atoms with Crippen LogP contribution in [0, 0.1) is 0 Å². The molecule has 0 fully saturated rings. The summed E-state index contributed by atoms with van der Waals surface area (Å²) in [6, 6.07) is 2.10. The SMILES string of the molecule is CN(CCCCCBr)CCc1ccnn1C. The molecule has 16 heavy (non-hydrogen) atoms. The van der Waals surface area contributed by atoms with E-state index in [1.165, 1.54) is 31.5 Å². The third-order valence-corrected chi connectivity index (χ3v) is 3.41. The van der Waals surface area contributed by atoms with Crippen LogP contribution in [0.3, 0.4) is 0 Å². The summed E-state index contributed by atoms with van der Waals surface area (Å²) in [5.41, 5.74) is 1.31. The number of alkyl halides is 1. The second-order valence-electron chi connectivity index (χ2n) is 4.25. The van der Waals surface area contributed by atoms with E-state index in [2.05, 4.69) is 39.0 Å². The fourth-order valence-electron chi connectivity index (χ4n) is 1.72. The molecule has 0 radical (unpaired) electrons. The Labute approximate surface area is 107 Å². The van der Waals surface area contributed by atoms with E-state index < -0.39 is 0 Å². The summed E-state index contributed by atoms with van der Waals surface area (Å²) in [4.78, 5) is 2.40. The topological polar surface area (TPSA) is 21.1 Å². The van der Waals surface area contributed by atoms with Gasteiger partial charge in [-0.25, -0.2) is 0 Å². The van der Waals surface area contributed by atoms with Gasteiger partial charge in [0.05, 0.1) is 0 Å². The van der Waals surface area contributed by atoms with Crippen LogP contribution in [0.2, 0.25) is 0 Å². The average Bonchev–Trinajstić information content (AvgIpc) is 2.67. The van der Waals surface area contributed by atoms with E-state index in [0.717, 1.165) is 18.3 Å². The highest BCUT2D eigenvalue weighted by atomic mass is 79.9. The van der Waals surface area contributed by atoms with E-state index >= 15 is 0 Å². The Morgan fingerprint density at radius 1 is 1.31 bits per heavy atom. The van der Waals surface area contributed by atoms with Gasteiger partial charge in [0.15, 0.2) is 0 Å². The van der Waals surface area contributed by atoms with Crippen LogP contribution < -0.4 is 0 Å². The zero-order valence-electron chi connectivity index (χ0n) is 10.3. The minimum Gasteiger partial charge on any atom is -0.306 e. The van der Waals surface area contributed by atoms with E-state index in [0.29, 0.717) is 0 Å². The van der Waals surface area contributed by atoms with Gasteiger partial charge in [-0.05, 0) is 32.5 Å². The van der Waals surface area contributed by atoms with Crippen LogP contribution in [-0.2, 0) is 13.5 Å². The van der Waals surface area contributed by atoms with Crippen LogP contribution in [0.15, 0.2) is 12.3 Å². The number of aryl methyl sites for hydroxylation is 1. The van der Waals surface area contributed by atoms with Crippen molar-refractivity contribution in [1.29, 1.82) is 0 Å². The monoisotopic (exact) mass is 287 g/mol. The minimum atomic E-state index is 1.09. The Balaban J connectivity index is 2.10. The van der Waals surface area contributed by atoms with Crippen LogP contribution in [-0.4, -0.2) is 40.1 Å². The molecule has 1 rings (SSSR count). The molecule has 1 aromatic rings. The van der Waals surface area contributed by atoms with E-state index in [-0.39, 0.29) is 0 Å². The van der Waals surface area contributed by atoms with Gasteiger partial charge in [0.25, 0.3) is 0 Å². The second-order valence-corrected chi connectivity index (χ2v) is 5.04. The summed E-state index contributed by atoms with van der Waals surface area (Å²) in [7, 11) is 4.20. The predicted octanol–water partition coefficient (Wildman–Crippen LogP) is 2.46. The van der Waals surface area contributed by atoms with Crippen molar-refractivity contribution >= 4 is 15.9 Å². The first-order valence-corrected chi connectivity index (χ1v) is 7.07. The Bertz CT molecular complexity index is 286. The lowest BCUT2D eigenvalue weighted by atomic mass is 10.2. The Hall–Kier alpha value is -0.350. The number of hydrogen-bond donors (Lipinski definition) is 0. The fraction of sp³-hybridized carbons (Fsp3) is 0.750. The van der Waals surface area contributed by atoms with Crippen molar-refractivity contribution in [2.24, 2.45) is 7.05 Å². The van der Waals surface area contributed by atoms with Gasteiger partial charge in [0, 0.05) is 37.2 Å². The first-order valence-electron chi connectivity index (χ1n) is 5.95. The molecule has 0 unspecified atom stereocenters. The molecule has 0 amide bonds. The number of unbranched alkanes of at least 4 members (excludes halogenated alkanes) is 2. The van der Waals surface area contributed by atoms with Gasteiger partial charge < -0.3 is 4.90 Å². The van der Waals surface area contributed by atoms with Crippen molar-refractivity contribution in [3.63, 3.8) is 0 Å². The molecule has 0 spiro atoms. The first kappa shape index (κ1) is 13.7. The molecule has 1 aromatic heterocycles. The fourth-order valence-corrected chi connectivity index (χ4v) is 2.11. The second kappa shape index (κ2) is 7.85. The lowest BCUT2D eigenvalue weighted by molar-refractivity contribution is 0.327. The van der Waals surface area contributed by atoms with Crippen molar-refractivity contribution < 1.29 is 0 Å². The highest BCUT2D eigenvalue weighted by Gasteiger charge is 2.02. The molecule has 4 heteroatoms. The van der Waals surface area contributed by atoms with E-state index in [1.807, 2.05) is 17.9 Å². The summed E-state index contributed by atoms with van der Waals surface area (Å²) in [6.45, 7) is 2.32. The van der Waals surface area contributed by atoms with Crippen LogP contribution in [0.4, 0.5) is 0 Å². The Morgan fingerprint density at radius 2 is 2.12 bits per heavy atom. The van der Waals surface area contributed by atoms with Gasteiger partial charge in [-0.2, -0.15) is 5.10 Å². The van der Waals surface area contributed by atoms with Gasteiger partial charge in [-0.3, -0.25) is 4.68 Å². The predicted molar refractivity (Wildman–Crippen MR) is 72.1 cm³/mol. The molecule has 0 aliphatic rings. The lowest BCUT2D eigenvalue weighted by Gasteiger charge is -2.16. The standard InChI is InChI=1S/C12H22BrN3/c1-15(10-5-3-4-8-13)11-7-12-6-9-14-16(12)2/h6,9H,3-5,7-8,10-11H2,1-2H3. The molecule has 1 heterocycles. The maximum atomic E-state index is 4.17. The van der Waals surface area contributed by atoms with Crippen LogP contribution >= 0.6 is 15.9 Å². The average molecular weight is 288 g/mol. The Kier molecular flexibility index (Phi) is 6.73. The molecule has 0 saturated carbocycles. The largest absolute Gasteiger partial charge is 0.306 e. The van der Waals surface area contributed by atoms with Gasteiger partial charge in [-0.15, -0.1) is 0 Å². The van der Waals surface area contributed by atoms with Crippen molar-refractivity contribution in [2.75, 3.05) is 25.5 Å². The summed E-state index contributed by atoms with van der Waals surface area (Å²) in [5, 5.41) is 5.30.